The lowest BCUT2D eigenvalue weighted by Crippen LogP contribution is -2.12. The lowest BCUT2D eigenvalue weighted by molar-refractivity contribution is 0.172. The molecule has 1 aromatic rings. The first-order valence-electron chi connectivity index (χ1n) is 4.93. The molecule has 1 N–H and O–H groups in total. The summed E-state index contributed by atoms with van der Waals surface area (Å²) < 4.78 is 25.6. The fraction of sp³-hybridized carbons (Fsp3) is 0.455. The number of benzene rings is 1. The van der Waals surface area contributed by atoms with Crippen molar-refractivity contribution in [3.8, 4) is 0 Å². The maximum Gasteiger partial charge on any atom is 0.159 e. The molecule has 4 heteroatoms. The molecule has 2 atom stereocenters. The molecule has 0 spiro atoms. The van der Waals surface area contributed by atoms with Crippen LogP contribution >= 0.6 is 11.8 Å². The van der Waals surface area contributed by atoms with Gasteiger partial charge >= 0.3 is 0 Å². The molecule has 1 saturated heterocycles. The lowest BCUT2D eigenvalue weighted by Gasteiger charge is -2.17. The van der Waals surface area contributed by atoms with Crippen LogP contribution in [0.4, 0.5) is 8.78 Å². The molecule has 1 aliphatic rings. The highest BCUT2D eigenvalue weighted by Crippen LogP contribution is 2.36. The van der Waals surface area contributed by atoms with E-state index in [1.54, 1.807) is 11.8 Å². The monoisotopic (exact) mass is 230 g/mol. The molecule has 1 nitrogen and oxygen atoms in total. The largest absolute Gasteiger partial charge is 0.387 e. The fourth-order valence-electron chi connectivity index (χ4n) is 1.76. The summed E-state index contributed by atoms with van der Waals surface area (Å²) in [6.07, 6.45) is 1.33. The third-order valence-electron chi connectivity index (χ3n) is 2.60. The minimum atomic E-state index is -0.894. The van der Waals surface area contributed by atoms with Gasteiger partial charge in [-0.15, -0.1) is 0 Å². The molecule has 1 aliphatic heterocycles. The number of hydrogen-bond acceptors (Lipinski definition) is 2. The van der Waals surface area contributed by atoms with Crippen molar-refractivity contribution in [3.63, 3.8) is 0 Å². The number of halogens is 2. The Balaban J connectivity index is 2.17. The van der Waals surface area contributed by atoms with E-state index in [2.05, 4.69) is 0 Å². The Hall–Kier alpha value is -0.610. The fourth-order valence-corrected chi connectivity index (χ4v) is 3.07. The number of rotatable bonds is 2. The van der Waals surface area contributed by atoms with Gasteiger partial charge in [0, 0.05) is 5.25 Å². The Kier molecular flexibility index (Phi) is 3.26. The second kappa shape index (κ2) is 4.49. The Morgan fingerprint density at radius 1 is 1.33 bits per heavy atom. The molecule has 0 radical (unpaired) electrons. The Morgan fingerprint density at radius 2 is 2.13 bits per heavy atom. The third kappa shape index (κ3) is 2.32. The smallest absolute Gasteiger partial charge is 0.159 e. The maximum absolute atomic E-state index is 12.9. The first-order chi connectivity index (χ1) is 7.18. The SMILES string of the molecule is OC(c1ccc(F)c(F)c1)C1CCCS1. The summed E-state index contributed by atoms with van der Waals surface area (Å²) in [4.78, 5) is 0. The van der Waals surface area contributed by atoms with E-state index in [9.17, 15) is 13.9 Å². The van der Waals surface area contributed by atoms with Crippen LogP contribution in [0.15, 0.2) is 18.2 Å². The number of thioether (sulfide) groups is 1. The van der Waals surface area contributed by atoms with Gasteiger partial charge in [-0.1, -0.05) is 6.07 Å². The molecule has 1 aromatic carbocycles. The van der Waals surface area contributed by atoms with Gasteiger partial charge in [0.15, 0.2) is 11.6 Å². The molecule has 0 aliphatic carbocycles. The highest BCUT2D eigenvalue weighted by Gasteiger charge is 2.25. The summed E-state index contributed by atoms with van der Waals surface area (Å²) in [6, 6.07) is 3.59. The van der Waals surface area contributed by atoms with Gasteiger partial charge in [-0.3, -0.25) is 0 Å². The van der Waals surface area contributed by atoms with Crippen LogP contribution in [0.5, 0.6) is 0 Å². The van der Waals surface area contributed by atoms with E-state index in [0.717, 1.165) is 30.7 Å². The van der Waals surface area contributed by atoms with Crippen molar-refractivity contribution < 1.29 is 13.9 Å². The van der Waals surface area contributed by atoms with Crippen molar-refractivity contribution in [2.45, 2.75) is 24.2 Å². The van der Waals surface area contributed by atoms with E-state index in [0.29, 0.717) is 5.56 Å². The van der Waals surface area contributed by atoms with E-state index in [4.69, 9.17) is 0 Å². The van der Waals surface area contributed by atoms with Gasteiger partial charge in [0.1, 0.15) is 0 Å². The molecule has 0 saturated carbocycles. The van der Waals surface area contributed by atoms with Gasteiger partial charge in [0.2, 0.25) is 0 Å². The molecule has 2 unspecified atom stereocenters. The molecule has 1 fully saturated rings. The molecule has 2 rings (SSSR count). The molecular weight excluding hydrogens is 218 g/mol. The minimum absolute atomic E-state index is 0.120. The Morgan fingerprint density at radius 3 is 2.73 bits per heavy atom. The second-order valence-corrected chi connectivity index (χ2v) is 5.02. The van der Waals surface area contributed by atoms with Gasteiger partial charge in [0.05, 0.1) is 6.10 Å². The molecule has 0 amide bonds. The highest BCUT2D eigenvalue weighted by molar-refractivity contribution is 8.00. The maximum atomic E-state index is 12.9. The molecule has 0 aromatic heterocycles. The summed E-state index contributed by atoms with van der Waals surface area (Å²) in [5, 5.41) is 10.0. The van der Waals surface area contributed by atoms with Crippen LogP contribution in [-0.2, 0) is 0 Å². The van der Waals surface area contributed by atoms with Crippen LogP contribution in [0.1, 0.15) is 24.5 Å². The summed E-state index contributed by atoms with van der Waals surface area (Å²) in [7, 11) is 0. The number of hydrogen-bond donors (Lipinski definition) is 1. The van der Waals surface area contributed by atoms with Crippen molar-refractivity contribution in [1.29, 1.82) is 0 Å². The zero-order chi connectivity index (χ0) is 10.8. The molecule has 0 bridgehead atoms. The molecule has 1 heterocycles. The topological polar surface area (TPSA) is 20.2 Å². The molecule has 15 heavy (non-hydrogen) atoms. The van der Waals surface area contributed by atoms with E-state index in [1.807, 2.05) is 0 Å². The van der Waals surface area contributed by atoms with Gasteiger partial charge in [0.25, 0.3) is 0 Å². The summed E-state index contributed by atoms with van der Waals surface area (Å²) in [6.45, 7) is 0. The van der Waals surface area contributed by atoms with Crippen molar-refractivity contribution in [3.05, 3.63) is 35.4 Å². The first kappa shape index (κ1) is 10.9. The van der Waals surface area contributed by atoms with Crippen LogP contribution in [0, 0.1) is 11.6 Å². The predicted molar refractivity (Wildman–Crippen MR) is 56.8 cm³/mol. The van der Waals surface area contributed by atoms with Crippen molar-refractivity contribution in [1.82, 2.24) is 0 Å². The first-order valence-corrected chi connectivity index (χ1v) is 5.98. The van der Waals surface area contributed by atoms with Crippen LogP contribution < -0.4 is 0 Å². The normalized spacial score (nSPS) is 23.0. The van der Waals surface area contributed by atoms with Crippen molar-refractivity contribution in [2.75, 3.05) is 5.75 Å². The van der Waals surface area contributed by atoms with Crippen molar-refractivity contribution >= 4 is 11.8 Å². The second-order valence-electron chi connectivity index (χ2n) is 3.67. The number of aliphatic hydroxyl groups is 1. The lowest BCUT2D eigenvalue weighted by atomic mass is 10.0. The van der Waals surface area contributed by atoms with Crippen LogP contribution in [0.25, 0.3) is 0 Å². The summed E-state index contributed by atoms with van der Waals surface area (Å²) >= 11 is 1.69. The van der Waals surface area contributed by atoms with Gasteiger partial charge in [-0.05, 0) is 36.3 Å². The standard InChI is InChI=1S/C11H12F2OS/c12-8-4-3-7(6-9(8)13)11(14)10-2-1-5-15-10/h3-4,6,10-11,14H,1-2,5H2. The summed E-state index contributed by atoms with van der Waals surface area (Å²) in [5.74, 6) is -0.731. The minimum Gasteiger partial charge on any atom is -0.387 e. The van der Waals surface area contributed by atoms with E-state index >= 15 is 0 Å². The Labute approximate surface area is 91.5 Å². The third-order valence-corrected chi connectivity index (χ3v) is 4.05. The van der Waals surface area contributed by atoms with Crippen LogP contribution in [0.2, 0.25) is 0 Å². The zero-order valence-electron chi connectivity index (χ0n) is 8.12. The quantitative estimate of drug-likeness (QED) is 0.843. The molecule has 82 valence electrons. The van der Waals surface area contributed by atoms with E-state index in [1.165, 1.54) is 6.07 Å². The number of aliphatic hydroxyl groups excluding tert-OH is 1. The average molecular weight is 230 g/mol. The van der Waals surface area contributed by atoms with Gasteiger partial charge < -0.3 is 5.11 Å². The Bertz CT molecular complexity index is 350. The summed E-state index contributed by atoms with van der Waals surface area (Å²) in [5.41, 5.74) is 0.466. The average Bonchev–Trinajstić information content (AvgIpc) is 2.74. The van der Waals surface area contributed by atoms with Gasteiger partial charge in [-0.2, -0.15) is 11.8 Å². The highest BCUT2D eigenvalue weighted by atomic mass is 32.2. The van der Waals surface area contributed by atoms with Crippen LogP contribution in [0.3, 0.4) is 0 Å². The van der Waals surface area contributed by atoms with E-state index in [-0.39, 0.29) is 5.25 Å². The predicted octanol–water partition coefficient (Wildman–Crippen LogP) is 2.89. The zero-order valence-corrected chi connectivity index (χ0v) is 8.94. The van der Waals surface area contributed by atoms with Crippen molar-refractivity contribution in [2.24, 2.45) is 0 Å². The van der Waals surface area contributed by atoms with Gasteiger partial charge in [-0.25, -0.2) is 8.78 Å². The molecular formula is C11H12F2OS. The van der Waals surface area contributed by atoms with E-state index < -0.39 is 17.7 Å². The van der Waals surface area contributed by atoms with Crippen LogP contribution in [-0.4, -0.2) is 16.1 Å².